The SMILES string of the molecule is COC(=O)c1coc(CN(C(=O)c2ccc(Cl)cc2)C(C)C)n1. The Hall–Kier alpha value is -2.34. The van der Waals surface area contributed by atoms with E-state index in [4.69, 9.17) is 16.0 Å². The average Bonchev–Trinajstić information content (AvgIpc) is 3.00. The van der Waals surface area contributed by atoms with Crippen LogP contribution < -0.4 is 0 Å². The van der Waals surface area contributed by atoms with Crippen molar-refractivity contribution in [3.8, 4) is 0 Å². The number of benzene rings is 1. The van der Waals surface area contributed by atoms with Gasteiger partial charge < -0.3 is 14.1 Å². The number of halogens is 1. The molecule has 0 atom stereocenters. The summed E-state index contributed by atoms with van der Waals surface area (Å²) in [7, 11) is 1.27. The van der Waals surface area contributed by atoms with Crippen molar-refractivity contribution in [2.45, 2.75) is 26.4 Å². The first-order valence-electron chi connectivity index (χ1n) is 7.01. The van der Waals surface area contributed by atoms with Crippen molar-refractivity contribution in [2.24, 2.45) is 0 Å². The van der Waals surface area contributed by atoms with Crippen LogP contribution in [0.5, 0.6) is 0 Å². The van der Waals surface area contributed by atoms with Gasteiger partial charge in [0.25, 0.3) is 5.91 Å². The fourth-order valence-corrected chi connectivity index (χ4v) is 2.10. The highest BCUT2D eigenvalue weighted by atomic mass is 35.5. The number of aromatic nitrogens is 1. The molecule has 0 radical (unpaired) electrons. The lowest BCUT2D eigenvalue weighted by Gasteiger charge is -2.25. The number of hydrogen-bond acceptors (Lipinski definition) is 5. The summed E-state index contributed by atoms with van der Waals surface area (Å²) >= 11 is 5.84. The second-order valence-electron chi connectivity index (χ2n) is 5.15. The Morgan fingerprint density at radius 1 is 1.30 bits per heavy atom. The Kier molecular flexibility index (Phi) is 5.39. The molecule has 122 valence electrons. The molecule has 2 aromatic rings. The third-order valence-electron chi connectivity index (χ3n) is 3.23. The number of methoxy groups -OCH3 is 1. The first kappa shape index (κ1) is 17.0. The minimum atomic E-state index is -0.583. The molecule has 7 heteroatoms. The maximum Gasteiger partial charge on any atom is 0.360 e. The van der Waals surface area contributed by atoms with Crippen LogP contribution in [0, 0.1) is 0 Å². The standard InChI is InChI=1S/C16H17ClN2O4/c1-10(2)19(15(20)11-4-6-12(17)7-5-11)8-14-18-13(9-23-14)16(21)22-3/h4-7,9-10H,8H2,1-3H3. The number of oxazole rings is 1. The minimum absolute atomic E-state index is 0.0742. The van der Waals surface area contributed by atoms with Crippen LogP contribution in [0.3, 0.4) is 0 Å². The van der Waals surface area contributed by atoms with Crippen molar-refractivity contribution in [3.05, 3.63) is 52.7 Å². The van der Waals surface area contributed by atoms with Crippen LogP contribution in [0.4, 0.5) is 0 Å². The van der Waals surface area contributed by atoms with Gasteiger partial charge in [-0.15, -0.1) is 0 Å². The summed E-state index contributed by atoms with van der Waals surface area (Å²) < 4.78 is 9.82. The predicted octanol–water partition coefficient (Wildman–Crippen LogP) is 3.17. The van der Waals surface area contributed by atoms with Crippen LogP contribution >= 0.6 is 11.6 Å². The lowest BCUT2D eigenvalue weighted by molar-refractivity contribution is 0.0593. The number of rotatable bonds is 5. The van der Waals surface area contributed by atoms with E-state index in [1.807, 2.05) is 13.8 Å². The average molecular weight is 337 g/mol. The van der Waals surface area contributed by atoms with Gasteiger partial charge in [-0.1, -0.05) is 11.6 Å². The first-order chi connectivity index (χ1) is 10.9. The number of hydrogen-bond donors (Lipinski definition) is 0. The van der Waals surface area contributed by atoms with Crippen molar-refractivity contribution in [2.75, 3.05) is 7.11 Å². The zero-order valence-electron chi connectivity index (χ0n) is 13.1. The Morgan fingerprint density at radius 2 is 1.96 bits per heavy atom. The third kappa shape index (κ3) is 4.10. The van der Waals surface area contributed by atoms with E-state index in [-0.39, 0.29) is 30.1 Å². The summed E-state index contributed by atoms with van der Waals surface area (Å²) in [6.07, 6.45) is 1.21. The summed E-state index contributed by atoms with van der Waals surface area (Å²) in [5.74, 6) is -0.490. The van der Waals surface area contributed by atoms with Gasteiger partial charge in [0.05, 0.1) is 13.7 Å². The van der Waals surface area contributed by atoms with Gasteiger partial charge in [0, 0.05) is 16.6 Å². The Morgan fingerprint density at radius 3 is 2.52 bits per heavy atom. The zero-order chi connectivity index (χ0) is 17.0. The lowest BCUT2D eigenvalue weighted by Crippen LogP contribution is -2.36. The predicted molar refractivity (Wildman–Crippen MR) is 84.3 cm³/mol. The normalized spacial score (nSPS) is 10.7. The Labute approximate surface area is 139 Å². The van der Waals surface area contributed by atoms with Gasteiger partial charge in [0.15, 0.2) is 5.69 Å². The van der Waals surface area contributed by atoms with Gasteiger partial charge in [0.1, 0.15) is 6.26 Å². The van der Waals surface area contributed by atoms with E-state index in [1.54, 1.807) is 29.2 Å². The van der Waals surface area contributed by atoms with Crippen LogP contribution in [0.15, 0.2) is 34.9 Å². The van der Waals surface area contributed by atoms with E-state index in [0.29, 0.717) is 10.6 Å². The van der Waals surface area contributed by atoms with Gasteiger partial charge in [-0.05, 0) is 38.1 Å². The van der Waals surface area contributed by atoms with Gasteiger partial charge in [0.2, 0.25) is 5.89 Å². The molecule has 0 saturated heterocycles. The monoisotopic (exact) mass is 336 g/mol. The summed E-state index contributed by atoms with van der Waals surface area (Å²) in [4.78, 5) is 29.6. The summed E-state index contributed by atoms with van der Waals surface area (Å²) in [5.41, 5.74) is 0.591. The fraction of sp³-hybridized carbons (Fsp3) is 0.312. The quantitative estimate of drug-likeness (QED) is 0.784. The highest BCUT2D eigenvalue weighted by Gasteiger charge is 2.22. The van der Waals surface area contributed by atoms with Crippen molar-refractivity contribution >= 4 is 23.5 Å². The Balaban J connectivity index is 2.18. The largest absolute Gasteiger partial charge is 0.464 e. The molecule has 0 saturated carbocycles. The molecule has 0 aliphatic carbocycles. The topological polar surface area (TPSA) is 72.6 Å². The number of nitrogens with zero attached hydrogens (tertiary/aromatic N) is 2. The molecule has 1 amide bonds. The molecule has 0 unspecified atom stereocenters. The second-order valence-corrected chi connectivity index (χ2v) is 5.59. The first-order valence-corrected chi connectivity index (χ1v) is 7.39. The summed E-state index contributed by atoms with van der Waals surface area (Å²) in [6.45, 7) is 3.92. The van der Waals surface area contributed by atoms with Gasteiger partial charge in [-0.2, -0.15) is 0 Å². The van der Waals surface area contributed by atoms with E-state index in [9.17, 15) is 9.59 Å². The van der Waals surface area contributed by atoms with Crippen molar-refractivity contribution in [1.29, 1.82) is 0 Å². The molecule has 0 aliphatic rings. The maximum atomic E-state index is 12.6. The third-order valence-corrected chi connectivity index (χ3v) is 3.48. The number of carbonyl (C=O) groups is 2. The molecule has 1 aromatic heterocycles. The molecule has 1 aromatic carbocycles. The number of carbonyl (C=O) groups excluding carboxylic acids is 2. The molecule has 1 heterocycles. The maximum absolute atomic E-state index is 12.6. The number of amides is 1. The van der Waals surface area contributed by atoms with E-state index < -0.39 is 5.97 Å². The van der Waals surface area contributed by atoms with E-state index >= 15 is 0 Å². The molecule has 6 nitrogen and oxygen atoms in total. The highest BCUT2D eigenvalue weighted by molar-refractivity contribution is 6.30. The lowest BCUT2D eigenvalue weighted by atomic mass is 10.1. The van der Waals surface area contributed by atoms with Crippen molar-refractivity contribution in [3.63, 3.8) is 0 Å². The van der Waals surface area contributed by atoms with Crippen LogP contribution in [-0.2, 0) is 11.3 Å². The molecule has 0 N–H and O–H groups in total. The van der Waals surface area contributed by atoms with Gasteiger partial charge >= 0.3 is 5.97 Å². The van der Waals surface area contributed by atoms with Crippen LogP contribution in [0.25, 0.3) is 0 Å². The second kappa shape index (κ2) is 7.28. The van der Waals surface area contributed by atoms with E-state index in [0.717, 1.165) is 0 Å². The summed E-state index contributed by atoms with van der Waals surface area (Å²) in [5, 5.41) is 0.563. The van der Waals surface area contributed by atoms with Crippen LogP contribution in [-0.4, -0.2) is 34.9 Å². The molecular formula is C16H17ClN2O4. The highest BCUT2D eigenvalue weighted by Crippen LogP contribution is 2.16. The fourth-order valence-electron chi connectivity index (χ4n) is 1.97. The number of esters is 1. The van der Waals surface area contributed by atoms with Crippen molar-refractivity contribution in [1.82, 2.24) is 9.88 Å². The van der Waals surface area contributed by atoms with Crippen LogP contribution in [0.2, 0.25) is 5.02 Å². The minimum Gasteiger partial charge on any atom is -0.464 e. The van der Waals surface area contributed by atoms with E-state index in [2.05, 4.69) is 9.72 Å². The molecule has 0 aliphatic heterocycles. The van der Waals surface area contributed by atoms with E-state index in [1.165, 1.54) is 13.4 Å². The van der Waals surface area contributed by atoms with Crippen LogP contribution in [0.1, 0.15) is 40.6 Å². The molecular weight excluding hydrogens is 320 g/mol. The number of ether oxygens (including phenoxy) is 1. The Bertz CT molecular complexity index is 694. The summed E-state index contributed by atoms with van der Waals surface area (Å²) in [6, 6.07) is 6.57. The molecule has 2 rings (SSSR count). The molecule has 0 fully saturated rings. The molecule has 23 heavy (non-hydrogen) atoms. The zero-order valence-corrected chi connectivity index (χ0v) is 13.8. The smallest absolute Gasteiger partial charge is 0.360 e. The molecule has 0 spiro atoms. The molecule has 0 bridgehead atoms. The van der Waals surface area contributed by atoms with Gasteiger partial charge in [-0.25, -0.2) is 9.78 Å². The van der Waals surface area contributed by atoms with Gasteiger partial charge in [-0.3, -0.25) is 4.79 Å². The van der Waals surface area contributed by atoms with Crippen molar-refractivity contribution < 1.29 is 18.7 Å².